The number of allylic oxidation sites excluding steroid dienone is 2. The molecule has 3 aliphatic rings. The summed E-state index contributed by atoms with van der Waals surface area (Å²) in [6.45, 7) is 2.40. The van der Waals surface area contributed by atoms with Gasteiger partial charge in [0.15, 0.2) is 0 Å². The van der Waals surface area contributed by atoms with Crippen molar-refractivity contribution in [2.75, 3.05) is 6.54 Å². The molecule has 0 aromatic rings. The van der Waals surface area contributed by atoms with E-state index in [-0.39, 0.29) is 23.7 Å². The van der Waals surface area contributed by atoms with Crippen LogP contribution in [0.4, 0.5) is 0 Å². The Morgan fingerprint density at radius 2 is 1.71 bits per heavy atom. The Morgan fingerprint density at radius 3 is 2.14 bits per heavy atom. The van der Waals surface area contributed by atoms with Gasteiger partial charge in [0.05, 0.1) is 11.8 Å². The summed E-state index contributed by atoms with van der Waals surface area (Å²) in [5.41, 5.74) is 0. The zero-order valence-electron chi connectivity index (χ0n) is 8.14. The first kappa shape index (κ1) is 8.21. The van der Waals surface area contributed by atoms with Crippen molar-refractivity contribution in [3.63, 3.8) is 0 Å². The third-order valence-corrected chi connectivity index (χ3v) is 3.88. The number of hydrogen-bond donors (Lipinski definition) is 0. The first-order valence-corrected chi connectivity index (χ1v) is 5.27. The van der Waals surface area contributed by atoms with Crippen molar-refractivity contribution in [1.82, 2.24) is 4.90 Å². The molecule has 2 bridgehead atoms. The van der Waals surface area contributed by atoms with Crippen LogP contribution < -0.4 is 0 Å². The van der Waals surface area contributed by atoms with Crippen LogP contribution in [-0.2, 0) is 9.59 Å². The minimum absolute atomic E-state index is 0.0163. The van der Waals surface area contributed by atoms with Crippen LogP contribution in [0.3, 0.4) is 0 Å². The predicted octanol–water partition coefficient (Wildman–Crippen LogP) is 0.813. The third kappa shape index (κ3) is 0.740. The number of carbonyl (C=O) groups excluding carboxylic acids is 2. The van der Waals surface area contributed by atoms with Crippen LogP contribution in [0.1, 0.15) is 13.3 Å². The highest BCUT2D eigenvalue weighted by molar-refractivity contribution is 6.06. The number of rotatable bonds is 1. The van der Waals surface area contributed by atoms with Crippen LogP contribution >= 0.6 is 0 Å². The van der Waals surface area contributed by atoms with Gasteiger partial charge in [0.1, 0.15) is 0 Å². The fraction of sp³-hybridized carbons (Fsp3) is 0.636. The molecule has 4 atom stereocenters. The lowest BCUT2D eigenvalue weighted by molar-refractivity contribution is -0.140. The molecule has 0 radical (unpaired) electrons. The van der Waals surface area contributed by atoms with E-state index in [2.05, 4.69) is 12.2 Å². The van der Waals surface area contributed by atoms with E-state index in [1.54, 1.807) is 0 Å². The van der Waals surface area contributed by atoms with E-state index in [0.29, 0.717) is 18.4 Å². The Morgan fingerprint density at radius 1 is 1.21 bits per heavy atom. The standard InChI is InChI=1S/C11H13NO2/c1-2-12-10(13)8-6-3-4-7(5-6)9(8)11(12)14/h3-4,6-9H,2,5H2,1H3/t6-,7-,8-,9-/m0/s1. The van der Waals surface area contributed by atoms with Crippen LogP contribution in [0.2, 0.25) is 0 Å². The van der Waals surface area contributed by atoms with Gasteiger partial charge in [-0.15, -0.1) is 0 Å². The second kappa shape index (κ2) is 2.47. The molecule has 0 spiro atoms. The molecular weight excluding hydrogens is 178 g/mol. The average molecular weight is 191 g/mol. The normalized spacial score (nSPS) is 43.9. The molecule has 1 heterocycles. The molecule has 3 heteroatoms. The minimum atomic E-state index is -0.0163. The first-order chi connectivity index (χ1) is 6.74. The van der Waals surface area contributed by atoms with Gasteiger partial charge in [0, 0.05) is 6.54 Å². The molecular formula is C11H13NO2. The Hall–Kier alpha value is -1.12. The number of nitrogens with zero attached hydrogens (tertiary/aromatic N) is 1. The maximum atomic E-state index is 11.9. The summed E-state index contributed by atoms with van der Waals surface area (Å²) in [5, 5.41) is 0. The number of likely N-dealkylation sites (tertiary alicyclic amines) is 1. The van der Waals surface area contributed by atoms with E-state index in [1.807, 2.05) is 6.92 Å². The quantitative estimate of drug-likeness (QED) is 0.454. The maximum absolute atomic E-state index is 11.9. The molecule has 2 aliphatic carbocycles. The Balaban J connectivity index is 2.02. The number of carbonyl (C=O) groups is 2. The zero-order chi connectivity index (χ0) is 9.87. The van der Waals surface area contributed by atoms with E-state index in [9.17, 15) is 9.59 Å². The summed E-state index contributed by atoms with van der Waals surface area (Å²) in [7, 11) is 0. The van der Waals surface area contributed by atoms with Gasteiger partial charge < -0.3 is 0 Å². The molecule has 0 aromatic heterocycles. The summed E-state index contributed by atoms with van der Waals surface area (Å²) in [4.78, 5) is 25.2. The highest BCUT2D eigenvalue weighted by Crippen LogP contribution is 2.52. The van der Waals surface area contributed by atoms with E-state index in [0.717, 1.165) is 6.42 Å². The van der Waals surface area contributed by atoms with E-state index < -0.39 is 0 Å². The van der Waals surface area contributed by atoms with E-state index >= 15 is 0 Å². The van der Waals surface area contributed by atoms with Gasteiger partial charge in [0.2, 0.25) is 11.8 Å². The highest BCUT2D eigenvalue weighted by Gasteiger charge is 2.58. The molecule has 1 saturated heterocycles. The third-order valence-electron chi connectivity index (χ3n) is 3.88. The summed E-state index contributed by atoms with van der Waals surface area (Å²) in [6.07, 6.45) is 5.26. The van der Waals surface area contributed by atoms with Gasteiger partial charge in [-0.05, 0) is 25.2 Å². The van der Waals surface area contributed by atoms with Crippen molar-refractivity contribution in [3.8, 4) is 0 Å². The largest absolute Gasteiger partial charge is 0.282 e. The highest BCUT2D eigenvalue weighted by atomic mass is 16.2. The lowest BCUT2D eigenvalue weighted by atomic mass is 9.85. The van der Waals surface area contributed by atoms with Crippen molar-refractivity contribution in [1.29, 1.82) is 0 Å². The predicted molar refractivity (Wildman–Crippen MR) is 50.1 cm³/mol. The van der Waals surface area contributed by atoms with Crippen LogP contribution in [-0.4, -0.2) is 23.3 Å². The van der Waals surface area contributed by atoms with Crippen LogP contribution in [0.25, 0.3) is 0 Å². The summed E-state index contributed by atoms with van der Waals surface area (Å²) < 4.78 is 0. The van der Waals surface area contributed by atoms with Crippen LogP contribution in [0, 0.1) is 23.7 Å². The van der Waals surface area contributed by atoms with Gasteiger partial charge in [0.25, 0.3) is 0 Å². The van der Waals surface area contributed by atoms with Crippen molar-refractivity contribution in [2.45, 2.75) is 13.3 Å². The maximum Gasteiger partial charge on any atom is 0.233 e. The molecule has 1 saturated carbocycles. The van der Waals surface area contributed by atoms with E-state index in [4.69, 9.17) is 0 Å². The number of fused-ring (bicyclic) bond motifs is 5. The lowest BCUT2D eigenvalue weighted by Gasteiger charge is -2.14. The molecule has 1 aliphatic heterocycles. The Labute approximate surface area is 82.8 Å². The first-order valence-electron chi connectivity index (χ1n) is 5.27. The molecule has 2 amide bonds. The molecule has 2 fully saturated rings. The van der Waals surface area contributed by atoms with Crippen molar-refractivity contribution in [2.24, 2.45) is 23.7 Å². The van der Waals surface area contributed by atoms with Gasteiger partial charge in [-0.1, -0.05) is 12.2 Å². The molecule has 0 N–H and O–H groups in total. The topological polar surface area (TPSA) is 37.4 Å². The Bertz CT molecular complexity index is 317. The molecule has 3 nitrogen and oxygen atoms in total. The molecule has 74 valence electrons. The van der Waals surface area contributed by atoms with E-state index in [1.165, 1.54) is 4.90 Å². The number of amides is 2. The van der Waals surface area contributed by atoms with Gasteiger partial charge in [-0.2, -0.15) is 0 Å². The minimum Gasteiger partial charge on any atom is -0.282 e. The van der Waals surface area contributed by atoms with Crippen molar-refractivity contribution >= 4 is 11.8 Å². The molecule has 0 unspecified atom stereocenters. The fourth-order valence-electron chi connectivity index (χ4n) is 3.28. The van der Waals surface area contributed by atoms with Crippen LogP contribution in [0.15, 0.2) is 12.2 Å². The Kier molecular flexibility index (Phi) is 1.45. The SMILES string of the molecule is CCN1C(=O)[C@@H]2[C@@H](C1=O)[C@H]1C=C[C@H]2C1. The second-order valence-electron chi connectivity index (χ2n) is 4.42. The molecule has 14 heavy (non-hydrogen) atoms. The number of hydrogen-bond acceptors (Lipinski definition) is 2. The number of imide groups is 1. The lowest BCUT2D eigenvalue weighted by Crippen LogP contribution is -2.32. The van der Waals surface area contributed by atoms with Gasteiger partial charge >= 0.3 is 0 Å². The smallest absolute Gasteiger partial charge is 0.233 e. The molecule has 0 aromatic carbocycles. The fourth-order valence-corrected chi connectivity index (χ4v) is 3.28. The molecule has 3 rings (SSSR count). The summed E-state index contributed by atoms with van der Waals surface area (Å²) >= 11 is 0. The van der Waals surface area contributed by atoms with Gasteiger partial charge in [-0.25, -0.2) is 0 Å². The zero-order valence-corrected chi connectivity index (χ0v) is 8.14. The van der Waals surface area contributed by atoms with Crippen molar-refractivity contribution < 1.29 is 9.59 Å². The summed E-state index contributed by atoms with van der Waals surface area (Å²) in [6, 6.07) is 0. The van der Waals surface area contributed by atoms with Gasteiger partial charge in [-0.3, -0.25) is 14.5 Å². The van der Waals surface area contributed by atoms with Crippen LogP contribution in [0.5, 0.6) is 0 Å². The summed E-state index contributed by atoms with van der Waals surface area (Å²) in [5.74, 6) is 0.796. The average Bonchev–Trinajstić information content (AvgIpc) is 2.80. The monoisotopic (exact) mass is 191 g/mol. The van der Waals surface area contributed by atoms with Crippen molar-refractivity contribution in [3.05, 3.63) is 12.2 Å². The second-order valence-corrected chi connectivity index (χ2v) is 4.42.